The first-order chi connectivity index (χ1) is 17.0. The Kier molecular flexibility index (Phi) is 5.67. The molecule has 5 rings (SSSR count). The topological polar surface area (TPSA) is 82.7 Å². The minimum Gasteiger partial charge on any atom is -0.350 e. The van der Waals surface area contributed by atoms with Crippen molar-refractivity contribution in [3.8, 4) is 22.4 Å². The summed E-state index contributed by atoms with van der Waals surface area (Å²) in [5.74, 6) is -0.276. The summed E-state index contributed by atoms with van der Waals surface area (Å²) >= 11 is 0. The summed E-state index contributed by atoms with van der Waals surface area (Å²) in [6.07, 6.45) is 1.58. The van der Waals surface area contributed by atoms with E-state index in [0.29, 0.717) is 39.0 Å². The first-order valence-electron chi connectivity index (χ1n) is 10.8. The van der Waals surface area contributed by atoms with Gasteiger partial charge in [-0.25, -0.2) is 18.4 Å². The maximum atomic E-state index is 13.5. The van der Waals surface area contributed by atoms with Crippen molar-refractivity contribution in [1.29, 1.82) is 0 Å². The predicted molar refractivity (Wildman–Crippen MR) is 128 cm³/mol. The van der Waals surface area contributed by atoms with Crippen LogP contribution >= 0.6 is 0 Å². The highest BCUT2D eigenvalue weighted by Gasteiger charge is 2.32. The van der Waals surface area contributed by atoms with Crippen molar-refractivity contribution in [2.75, 3.05) is 0 Å². The molecule has 5 aromatic rings. The molecule has 7 nitrogen and oxygen atoms in total. The van der Waals surface area contributed by atoms with Crippen LogP contribution in [0.25, 0.3) is 33.3 Å². The molecule has 0 fully saturated rings. The maximum Gasteiger partial charge on any atom is 0.416 e. The number of hydrogen-bond donors (Lipinski definition) is 0. The number of halogens is 3. The van der Waals surface area contributed by atoms with E-state index >= 15 is 0 Å². The molecule has 3 heterocycles. The summed E-state index contributed by atoms with van der Waals surface area (Å²) in [6.45, 7) is 0. The van der Waals surface area contributed by atoms with Gasteiger partial charge >= 0.3 is 6.18 Å². The number of nitrogens with zero attached hydrogens (tertiary/aromatic N) is 5. The Bertz CT molecular complexity index is 1690. The zero-order chi connectivity index (χ0) is 25.7. The van der Waals surface area contributed by atoms with Gasteiger partial charge in [0.15, 0.2) is 9.84 Å². The average Bonchev–Trinajstić information content (AvgIpc) is 3.41. The number of benzene rings is 2. The lowest BCUT2D eigenvalue weighted by molar-refractivity contribution is -0.137. The summed E-state index contributed by atoms with van der Waals surface area (Å²) in [7, 11) is -0.260. The van der Waals surface area contributed by atoms with E-state index in [1.165, 1.54) is 35.5 Å². The summed E-state index contributed by atoms with van der Waals surface area (Å²) in [6, 6.07) is 11.6. The molecular formula is C25H20F3N5O2S. The lowest BCUT2D eigenvalue weighted by atomic mass is 9.95. The van der Waals surface area contributed by atoms with Gasteiger partial charge in [0, 0.05) is 54.7 Å². The Balaban J connectivity index is 1.65. The van der Waals surface area contributed by atoms with E-state index in [9.17, 15) is 21.6 Å². The predicted octanol–water partition coefficient (Wildman–Crippen LogP) is 5.03. The fourth-order valence-electron chi connectivity index (χ4n) is 4.26. The van der Waals surface area contributed by atoms with E-state index in [4.69, 9.17) is 0 Å². The molecule has 0 aliphatic heterocycles. The van der Waals surface area contributed by atoms with Crippen LogP contribution in [0, 0.1) is 0 Å². The summed E-state index contributed by atoms with van der Waals surface area (Å²) < 4.78 is 69.9. The van der Waals surface area contributed by atoms with Crippen molar-refractivity contribution >= 4 is 20.7 Å². The minimum atomic E-state index is -4.50. The van der Waals surface area contributed by atoms with E-state index in [0.717, 1.165) is 12.1 Å². The molecule has 0 saturated heterocycles. The number of hydrogen-bond acceptors (Lipinski definition) is 5. The molecule has 0 radical (unpaired) electrons. The smallest absolute Gasteiger partial charge is 0.350 e. The van der Waals surface area contributed by atoms with Crippen LogP contribution in [-0.2, 0) is 35.9 Å². The number of aryl methyl sites for hydroxylation is 2. The SMILES string of the molecule is Cn1nccc1-c1cc(C(F)(F)F)ccc1-c1cn(C)c2cc(S(=O)(=O)Cc3ccncn3)ccc12. The van der Waals surface area contributed by atoms with Gasteiger partial charge in [-0.05, 0) is 42.0 Å². The second kappa shape index (κ2) is 8.59. The van der Waals surface area contributed by atoms with Crippen LogP contribution in [-0.4, -0.2) is 32.7 Å². The lowest BCUT2D eigenvalue weighted by Gasteiger charge is -2.14. The van der Waals surface area contributed by atoms with Gasteiger partial charge < -0.3 is 4.57 Å². The zero-order valence-corrected chi connectivity index (χ0v) is 20.0. The number of rotatable bonds is 5. The van der Waals surface area contributed by atoms with Crippen molar-refractivity contribution in [1.82, 2.24) is 24.3 Å². The maximum absolute atomic E-state index is 13.5. The van der Waals surface area contributed by atoms with Gasteiger partial charge in [0.05, 0.1) is 27.6 Å². The standard InChI is InChI=1S/C25H20F3N5O2S/c1-32-13-22(19-5-3-16(25(26,27)28)11-21(19)23-8-10-31-33(23)2)20-6-4-18(12-24(20)32)36(34,35)14-17-7-9-29-15-30-17/h3-13,15H,14H2,1-2H3. The number of sulfone groups is 1. The molecule has 0 atom stereocenters. The Labute approximate surface area is 204 Å². The van der Waals surface area contributed by atoms with Gasteiger partial charge in [-0.2, -0.15) is 18.3 Å². The number of aromatic nitrogens is 5. The highest BCUT2D eigenvalue weighted by atomic mass is 32.2. The summed E-state index contributed by atoms with van der Waals surface area (Å²) in [4.78, 5) is 7.93. The molecule has 11 heteroatoms. The van der Waals surface area contributed by atoms with Crippen LogP contribution in [0.1, 0.15) is 11.3 Å². The summed E-state index contributed by atoms with van der Waals surface area (Å²) in [5, 5.41) is 4.82. The van der Waals surface area contributed by atoms with Crippen LogP contribution in [0.5, 0.6) is 0 Å². The van der Waals surface area contributed by atoms with Crippen molar-refractivity contribution < 1.29 is 21.6 Å². The number of alkyl halides is 3. The Morgan fingerprint density at radius 2 is 1.72 bits per heavy atom. The normalized spacial score (nSPS) is 12.4. The molecule has 0 spiro atoms. The highest BCUT2D eigenvalue weighted by Crippen LogP contribution is 2.41. The molecule has 2 aromatic carbocycles. The van der Waals surface area contributed by atoms with Crippen LogP contribution in [0.4, 0.5) is 13.2 Å². The van der Waals surface area contributed by atoms with Crippen LogP contribution in [0.2, 0.25) is 0 Å². The molecule has 0 N–H and O–H groups in total. The van der Waals surface area contributed by atoms with Crippen molar-refractivity contribution in [2.24, 2.45) is 14.1 Å². The first-order valence-corrected chi connectivity index (χ1v) is 12.5. The van der Waals surface area contributed by atoms with Crippen molar-refractivity contribution in [2.45, 2.75) is 16.8 Å². The molecule has 0 bridgehead atoms. The molecule has 0 unspecified atom stereocenters. The fourth-order valence-corrected chi connectivity index (χ4v) is 5.55. The molecule has 0 aliphatic carbocycles. The van der Waals surface area contributed by atoms with Crippen molar-refractivity contribution in [3.63, 3.8) is 0 Å². The lowest BCUT2D eigenvalue weighted by Crippen LogP contribution is -2.06. The molecule has 184 valence electrons. The van der Waals surface area contributed by atoms with E-state index in [2.05, 4.69) is 15.1 Å². The van der Waals surface area contributed by atoms with E-state index in [-0.39, 0.29) is 10.6 Å². The third kappa shape index (κ3) is 4.26. The quantitative estimate of drug-likeness (QED) is 0.331. The van der Waals surface area contributed by atoms with E-state index in [1.54, 1.807) is 49.1 Å². The average molecular weight is 512 g/mol. The molecule has 0 saturated carbocycles. The van der Waals surface area contributed by atoms with Gasteiger partial charge in [0.2, 0.25) is 0 Å². The van der Waals surface area contributed by atoms with Crippen LogP contribution < -0.4 is 0 Å². The van der Waals surface area contributed by atoms with E-state index in [1.807, 2.05) is 0 Å². The Hall–Kier alpha value is -3.99. The summed E-state index contributed by atoms with van der Waals surface area (Å²) in [5.41, 5.74) is 2.40. The van der Waals surface area contributed by atoms with Gasteiger partial charge in [-0.3, -0.25) is 4.68 Å². The Morgan fingerprint density at radius 3 is 2.39 bits per heavy atom. The van der Waals surface area contributed by atoms with Crippen LogP contribution in [0.3, 0.4) is 0 Å². The molecule has 36 heavy (non-hydrogen) atoms. The largest absolute Gasteiger partial charge is 0.416 e. The van der Waals surface area contributed by atoms with E-state index < -0.39 is 21.6 Å². The monoisotopic (exact) mass is 511 g/mol. The Morgan fingerprint density at radius 1 is 0.917 bits per heavy atom. The third-order valence-electron chi connectivity index (χ3n) is 6.04. The zero-order valence-electron chi connectivity index (χ0n) is 19.2. The van der Waals surface area contributed by atoms with Gasteiger partial charge in [-0.15, -0.1) is 0 Å². The second-order valence-electron chi connectivity index (χ2n) is 8.39. The van der Waals surface area contributed by atoms with Gasteiger partial charge in [0.1, 0.15) is 6.33 Å². The minimum absolute atomic E-state index is 0.126. The third-order valence-corrected chi connectivity index (χ3v) is 7.68. The first kappa shape index (κ1) is 23.7. The molecular weight excluding hydrogens is 491 g/mol. The highest BCUT2D eigenvalue weighted by molar-refractivity contribution is 7.90. The fraction of sp³-hybridized carbons (Fsp3) is 0.160. The van der Waals surface area contributed by atoms with Gasteiger partial charge in [-0.1, -0.05) is 12.1 Å². The van der Waals surface area contributed by atoms with Crippen molar-refractivity contribution in [3.05, 3.63) is 84.7 Å². The second-order valence-corrected chi connectivity index (χ2v) is 10.4. The number of fused-ring (bicyclic) bond motifs is 1. The molecule has 3 aromatic heterocycles. The van der Waals surface area contributed by atoms with Crippen LogP contribution in [0.15, 0.2) is 78.3 Å². The molecule has 0 amide bonds. The molecule has 0 aliphatic rings. The van der Waals surface area contributed by atoms with Gasteiger partial charge in [0.25, 0.3) is 0 Å².